The third-order valence-corrected chi connectivity index (χ3v) is 7.17. The van der Waals surface area contributed by atoms with Crippen molar-refractivity contribution in [1.82, 2.24) is 14.4 Å². The molecule has 9 nitrogen and oxygen atoms in total. The average molecular weight is 452 g/mol. The summed E-state index contributed by atoms with van der Waals surface area (Å²) in [6.45, 7) is 5.68. The molecule has 1 fully saturated rings. The van der Waals surface area contributed by atoms with Gasteiger partial charge >= 0.3 is 0 Å². The maximum absolute atomic E-state index is 13.8. The molecule has 0 saturated carbocycles. The number of piperidine rings is 1. The molecule has 3 aliphatic heterocycles. The summed E-state index contributed by atoms with van der Waals surface area (Å²) >= 11 is 0. The van der Waals surface area contributed by atoms with Crippen LogP contribution in [0.15, 0.2) is 41.2 Å². The van der Waals surface area contributed by atoms with E-state index >= 15 is 0 Å². The van der Waals surface area contributed by atoms with Crippen LogP contribution in [-0.2, 0) is 17.9 Å². The van der Waals surface area contributed by atoms with E-state index in [0.29, 0.717) is 31.7 Å². The first-order valence-electron chi connectivity index (χ1n) is 11.3. The van der Waals surface area contributed by atoms with Gasteiger partial charge in [0.05, 0.1) is 0 Å². The Labute approximate surface area is 191 Å². The van der Waals surface area contributed by atoms with Crippen molar-refractivity contribution in [2.24, 2.45) is 11.8 Å². The SMILES string of the molecule is CC(C)[C@@H](C(=O)N1C[C@H]2C[C@@H](C1)c1ccc(N([O-])O)c(=O)n1C2)N1Cc2ccccc2C1=O. The molecule has 2 aromatic rings. The zero-order valence-corrected chi connectivity index (χ0v) is 18.7. The molecule has 0 aliphatic carbocycles. The predicted octanol–water partition coefficient (Wildman–Crippen LogP) is 2.17. The van der Waals surface area contributed by atoms with Gasteiger partial charge in [0, 0.05) is 43.4 Å². The van der Waals surface area contributed by atoms with Crippen molar-refractivity contribution < 1.29 is 14.8 Å². The first kappa shape index (κ1) is 21.7. The molecule has 1 N–H and O–H groups in total. The van der Waals surface area contributed by atoms with Gasteiger partial charge in [-0.3, -0.25) is 19.6 Å². The molecule has 2 amide bonds. The Morgan fingerprint density at radius 2 is 1.88 bits per heavy atom. The highest BCUT2D eigenvalue weighted by molar-refractivity contribution is 6.01. The molecule has 1 saturated heterocycles. The number of aromatic nitrogens is 1. The number of hydrogen-bond donors (Lipinski definition) is 1. The number of nitrogens with zero attached hydrogens (tertiary/aromatic N) is 4. The fourth-order valence-electron chi connectivity index (χ4n) is 5.73. The van der Waals surface area contributed by atoms with Crippen LogP contribution in [0.25, 0.3) is 0 Å². The number of carbonyl (C=O) groups excluding carboxylic acids is 2. The van der Waals surface area contributed by atoms with Gasteiger partial charge in [-0.2, -0.15) is 0 Å². The van der Waals surface area contributed by atoms with Crippen LogP contribution in [0.5, 0.6) is 0 Å². The van der Waals surface area contributed by atoms with E-state index < -0.39 is 16.8 Å². The van der Waals surface area contributed by atoms with Crippen molar-refractivity contribution in [2.45, 2.75) is 45.3 Å². The predicted molar refractivity (Wildman–Crippen MR) is 121 cm³/mol. The number of amides is 2. The van der Waals surface area contributed by atoms with Gasteiger partial charge < -0.3 is 24.8 Å². The van der Waals surface area contributed by atoms with Crippen LogP contribution in [-0.4, -0.2) is 50.5 Å². The minimum absolute atomic E-state index is 0.0405. The third-order valence-electron chi connectivity index (χ3n) is 7.17. The van der Waals surface area contributed by atoms with Crippen molar-refractivity contribution in [1.29, 1.82) is 0 Å². The zero-order chi connectivity index (χ0) is 23.4. The number of rotatable bonds is 4. The van der Waals surface area contributed by atoms with Crippen LogP contribution in [0.4, 0.5) is 5.69 Å². The molecule has 1 aromatic heterocycles. The van der Waals surface area contributed by atoms with Crippen molar-refractivity contribution in [2.75, 3.05) is 18.3 Å². The Kier molecular flexibility index (Phi) is 5.25. The number of pyridine rings is 1. The molecule has 0 spiro atoms. The largest absolute Gasteiger partial charge is 0.733 e. The summed E-state index contributed by atoms with van der Waals surface area (Å²) in [5, 5.41) is 20.1. The second-order valence-electron chi connectivity index (χ2n) is 9.65. The minimum Gasteiger partial charge on any atom is -0.733 e. The molecule has 3 aliphatic rings. The lowest BCUT2D eigenvalue weighted by Gasteiger charge is -2.45. The third kappa shape index (κ3) is 3.52. The number of benzene rings is 1. The highest BCUT2D eigenvalue weighted by atomic mass is 16.8. The minimum atomic E-state index is -0.559. The van der Waals surface area contributed by atoms with E-state index in [4.69, 9.17) is 0 Å². The average Bonchev–Trinajstić information content (AvgIpc) is 3.10. The summed E-state index contributed by atoms with van der Waals surface area (Å²) in [6.07, 6.45) is 0.850. The van der Waals surface area contributed by atoms with Crippen LogP contribution >= 0.6 is 0 Å². The van der Waals surface area contributed by atoms with E-state index in [1.54, 1.807) is 15.5 Å². The van der Waals surface area contributed by atoms with Gasteiger partial charge in [0.25, 0.3) is 11.5 Å². The van der Waals surface area contributed by atoms with Gasteiger partial charge in [0.15, 0.2) is 0 Å². The monoisotopic (exact) mass is 451 g/mol. The summed E-state index contributed by atoms with van der Waals surface area (Å²) in [4.78, 5) is 43.0. The van der Waals surface area contributed by atoms with E-state index in [9.17, 15) is 24.8 Å². The maximum atomic E-state index is 13.8. The van der Waals surface area contributed by atoms with E-state index in [1.807, 2.05) is 43.0 Å². The molecular formula is C24H27N4O5-. The topological polar surface area (TPSA) is 109 Å². The Morgan fingerprint density at radius 3 is 2.58 bits per heavy atom. The Bertz CT molecular complexity index is 1170. The second kappa shape index (κ2) is 8.00. The van der Waals surface area contributed by atoms with Crippen LogP contribution in [0.2, 0.25) is 0 Å². The smallest absolute Gasteiger partial charge is 0.275 e. The van der Waals surface area contributed by atoms with Crippen LogP contribution in [0.1, 0.15) is 47.8 Å². The molecule has 5 rings (SSSR count). The van der Waals surface area contributed by atoms with Crippen molar-refractivity contribution >= 4 is 17.5 Å². The molecule has 174 valence electrons. The summed E-state index contributed by atoms with van der Waals surface area (Å²) < 4.78 is 1.55. The Balaban J connectivity index is 1.41. The first-order chi connectivity index (χ1) is 15.8. The normalized spacial score (nSPS) is 22.3. The Hall–Kier alpha value is -3.17. The molecule has 1 aromatic carbocycles. The van der Waals surface area contributed by atoms with Crippen molar-refractivity contribution in [3.05, 3.63) is 68.8 Å². The zero-order valence-electron chi connectivity index (χ0n) is 18.7. The van der Waals surface area contributed by atoms with E-state index in [0.717, 1.165) is 17.7 Å². The van der Waals surface area contributed by atoms with Gasteiger partial charge in [-0.15, -0.1) is 0 Å². The van der Waals surface area contributed by atoms with Crippen LogP contribution < -0.4 is 10.8 Å². The van der Waals surface area contributed by atoms with E-state index in [-0.39, 0.29) is 35.3 Å². The number of carbonyl (C=O) groups is 2. The molecule has 2 bridgehead atoms. The highest BCUT2D eigenvalue weighted by Gasteiger charge is 2.43. The van der Waals surface area contributed by atoms with Crippen molar-refractivity contribution in [3.63, 3.8) is 0 Å². The summed E-state index contributed by atoms with van der Waals surface area (Å²) in [6, 6.07) is 9.94. The molecular weight excluding hydrogens is 424 g/mol. The number of hydrogen-bond acceptors (Lipinski definition) is 6. The van der Waals surface area contributed by atoms with Gasteiger partial charge in [-0.1, -0.05) is 32.0 Å². The molecule has 33 heavy (non-hydrogen) atoms. The maximum Gasteiger partial charge on any atom is 0.275 e. The summed E-state index contributed by atoms with van der Waals surface area (Å²) in [7, 11) is 0. The number of anilines is 1. The lowest BCUT2D eigenvalue weighted by molar-refractivity contribution is -0.140. The van der Waals surface area contributed by atoms with Crippen LogP contribution in [0.3, 0.4) is 0 Å². The molecule has 4 heterocycles. The summed E-state index contributed by atoms with van der Waals surface area (Å²) in [5.74, 6) is -0.199. The Morgan fingerprint density at radius 1 is 1.12 bits per heavy atom. The lowest BCUT2D eigenvalue weighted by Crippen LogP contribution is -2.56. The van der Waals surface area contributed by atoms with Gasteiger partial charge in [-0.05, 0) is 42.0 Å². The lowest BCUT2D eigenvalue weighted by atomic mass is 9.82. The number of fused-ring (bicyclic) bond motifs is 5. The highest BCUT2D eigenvalue weighted by Crippen LogP contribution is 2.37. The van der Waals surface area contributed by atoms with Gasteiger partial charge in [0.1, 0.15) is 11.7 Å². The van der Waals surface area contributed by atoms with Crippen LogP contribution in [0, 0.1) is 17.0 Å². The van der Waals surface area contributed by atoms with Gasteiger partial charge in [-0.25, -0.2) is 0 Å². The molecule has 3 atom stereocenters. The van der Waals surface area contributed by atoms with E-state index in [2.05, 4.69) is 0 Å². The fraction of sp³-hybridized carbons (Fsp3) is 0.458. The quantitative estimate of drug-likeness (QED) is 0.714. The van der Waals surface area contributed by atoms with Gasteiger partial charge in [0.2, 0.25) is 5.91 Å². The molecule has 9 heteroatoms. The number of likely N-dealkylation sites (tertiary alicyclic amines) is 1. The van der Waals surface area contributed by atoms with E-state index in [1.165, 1.54) is 6.07 Å². The molecule has 0 unspecified atom stereocenters. The van der Waals surface area contributed by atoms with Crippen molar-refractivity contribution in [3.8, 4) is 0 Å². The summed E-state index contributed by atoms with van der Waals surface area (Å²) in [5.41, 5.74) is 1.55. The first-order valence-corrected chi connectivity index (χ1v) is 11.3. The standard InChI is InChI=1S/C24H27N4O5/c1-14(2)21(27-13-16-5-3-4-6-18(16)22(27)29)24(31)25-10-15-9-17(12-25)19-7-8-20(28(32)33)23(30)26(19)11-15/h3-8,14-15,17,21,32H,9-13H2,1-2H3/q-1/t15-,17+,21+/m1/s1. The fourth-order valence-corrected chi connectivity index (χ4v) is 5.73. The second-order valence-corrected chi connectivity index (χ2v) is 9.65. The molecule has 0 radical (unpaired) electrons.